The molecule has 96 valence electrons. The molecule has 1 aromatic rings. The molecule has 1 heterocycles. The SMILES string of the molecule is CC(CO)(CO)NS(=O)(=O)c1ccc(N)nc1. The van der Waals surface area contributed by atoms with Gasteiger partial charge < -0.3 is 15.9 Å². The van der Waals surface area contributed by atoms with E-state index in [1.165, 1.54) is 19.1 Å². The van der Waals surface area contributed by atoms with E-state index in [0.717, 1.165) is 6.20 Å². The molecule has 0 bridgehead atoms. The predicted octanol–water partition coefficient (Wildman–Crippen LogP) is -1.31. The Balaban J connectivity index is 3.00. The minimum Gasteiger partial charge on any atom is -0.394 e. The number of nitrogens with two attached hydrogens (primary N) is 1. The molecule has 0 aliphatic rings. The third kappa shape index (κ3) is 3.37. The van der Waals surface area contributed by atoms with Crippen LogP contribution < -0.4 is 10.5 Å². The van der Waals surface area contributed by atoms with Crippen LogP contribution in [0, 0.1) is 0 Å². The first-order chi connectivity index (χ1) is 7.83. The molecule has 0 fully saturated rings. The van der Waals surface area contributed by atoms with Crippen molar-refractivity contribution in [1.29, 1.82) is 0 Å². The van der Waals surface area contributed by atoms with Crippen molar-refractivity contribution in [2.45, 2.75) is 17.4 Å². The Morgan fingerprint density at radius 3 is 2.41 bits per heavy atom. The molecule has 0 spiro atoms. The predicted molar refractivity (Wildman–Crippen MR) is 61.5 cm³/mol. The second-order valence-electron chi connectivity index (χ2n) is 3.90. The van der Waals surface area contributed by atoms with Gasteiger partial charge in [-0.3, -0.25) is 0 Å². The molecule has 0 aliphatic heterocycles. The van der Waals surface area contributed by atoms with E-state index in [2.05, 4.69) is 9.71 Å². The van der Waals surface area contributed by atoms with E-state index in [1.807, 2.05) is 0 Å². The first kappa shape index (κ1) is 13.8. The summed E-state index contributed by atoms with van der Waals surface area (Å²) in [7, 11) is -3.85. The highest BCUT2D eigenvalue weighted by Gasteiger charge is 2.29. The molecule has 17 heavy (non-hydrogen) atoms. The summed E-state index contributed by atoms with van der Waals surface area (Å²) in [5, 5.41) is 18.0. The summed E-state index contributed by atoms with van der Waals surface area (Å²) in [6.07, 6.45) is 1.10. The number of aliphatic hydroxyl groups is 2. The summed E-state index contributed by atoms with van der Waals surface area (Å²) in [5.74, 6) is 0.205. The van der Waals surface area contributed by atoms with Gasteiger partial charge in [-0.2, -0.15) is 0 Å². The van der Waals surface area contributed by atoms with Crippen LogP contribution in [0.2, 0.25) is 0 Å². The average Bonchev–Trinajstić information content (AvgIpc) is 2.29. The van der Waals surface area contributed by atoms with Gasteiger partial charge in [0.1, 0.15) is 10.7 Å². The first-order valence-electron chi connectivity index (χ1n) is 4.80. The lowest BCUT2D eigenvalue weighted by Gasteiger charge is -2.25. The van der Waals surface area contributed by atoms with Crippen LogP contribution in [0.5, 0.6) is 0 Å². The molecule has 5 N–H and O–H groups in total. The lowest BCUT2D eigenvalue weighted by Crippen LogP contribution is -2.51. The molecule has 1 rings (SSSR count). The maximum Gasteiger partial charge on any atom is 0.242 e. The summed E-state index contributed by atoms with van der Waals surface area (Å²) in [6.45, 7) is 0.339. The third-order valence-electron chi connectivity index (χ3n) is 2.15. The summed E-state index contributed by atoms with van der Waals surface area (Å²) in [6, 6.07) is 2.64. The van der Waals surface area contributed by atoms with Crippen LogP contribution in [0.3, 0.4) is 0 Å². The minimum absolute atomic E-state index is 0.0835. The van der Waals surface area contributed by atoms with Gasteiger partial charge in [0.15, 0.2) is 0 Å². The highest BCUT2D eigenvalue weighted by Crippen LogP contribution is 2.12. The fraction of sp³-hybridized carbons (Fsp3) is 0.444. The Labute approximate surface area is 99.3 Å². The van der Waals surface area contributed by atoms with E-state index in [1.54, 1.807) is 0 Å². The average molecular weight is 261 g/mol. The highest BCUT2D eigenvalue weighted by atomic mass is 32.2. The fourth-order valence-electron chi connectivity index (χ4n) is 1.05. The largest absolute Gasteiger partial charge is 0.394 e. The van der Waals surface area contributed by atoms with E-state index >= 15 is 0 Å². The summed E-state index contributed by atoms with van der Waals surface area (Å²) in [5.41, 5.74) is 4.02. The second kappa shape index (κ2) is 4.96. The zero-order valence-corrected chi connectivity index (χ0v) is 10.1. The number of aromatic nitrogens is 1. The van der Waals surface area contributed by atoms with Crippen LogP contribution in [0.1, 0.15) is 6.92 Å². The van der Waals surface area contributed by atoms with Gasteiger partial charge in [0, 0.05) is 6.20 Å². The number of hydrogen-bond acceptors (Lipinski definition) is 6. The van der Waals surface area contributed by atoms with Crippen molar-refractivity contribution in [1.82, 2.24) is 9.71 Å². The number of nitrogen functional groups attached to an aromatic ring is 1. The van der Waals surface area contributed by atoms with E-state index < -0.39 is 28.8 Å². The lowest BCUT2D eigenvalue weighted by molar-refractivity contribution is 0.121. The molecule has 0 atom stereocenters. The number of nitrogens with one attached hydrogen (secondary N) is 1. The summed E-state index contributed by atoms with van der Waals surface area (Å²) in [4.78, 5) is 3.58. The zero-order chi connectivity index (χ0) is 13.1. The summed E-state index contributed by atoms with van der Waals surface area (Å²) < 4.78 is 25.9. The number of hydrogen-bond donors (Lipinski definition) is 4. The molecule has 0 amide bonds. The van der Waals surface area contributed by atoms with Crippen molar-refractivity contribution < 1.29 is 18.6 Å². The molecule has 0 saturated heterocycles. The molecule has 0 saturated carbocycles. The molecule has 7 nitrogen and oxygen atoms in total. The van der Waals surface area contributed by atoms with Gasteiger partial charge in [-0.15, -0.1) is 0 Å². The third-order valence-corrected chi connectivity index (χ3v) is 3.77. The molecule has 8 heteroatoms. The van der Waals surface area contributed by atoms with Crippen LogP contribution >= 0.6 is 0 Å². The monoisotopic (exact) mass is 261 g/mol. The Kier molecular flexibility index (Phi) is 4.04. The standard InChI is InChI=1S/C9H15N3O4S/c1-9(5-13,6-14)12-17(15,16)7-2-3-8(10)11-4-7/h2-4,12-14H,5-6H2,1H3,(H2,10,11). The van der Waals surface area contributed by atoms with Crippen molar-refractivity contribution in [3.8, 4) is 0 Å². The van der Waals surface area contributed by atoms with Crippen molar-refractivity contribution in [2.75, 3.05) is 18.9 Å². The normalized spacial score (nSPS) is 12.6. The van der Waals surface area contributed by atoms with E-state index in [0.29, 0.717) is 0 Å². The molecule has 1 aromatic heterocycles. The minimum atomic E-state index is -3.85. The summed E-state index contributed by atoms with van der Waals surface area (Å²) >= 11 is 0. The van der Waals surface area contributed by atoms with E-state index in [-0.39, 0.29) is 10.7 Å². The van der Waals surface area contributed by atoms with Crippen LogP contribution in [0.15, 0.2) is 23.2 Å². The van der Waals surface area contributed by atoms with Gasteiger partial charge >= 0.3 is 0 Å². The van der Waals surface area contributed by atoms with Crippen LogP contribution in [0.25, 0.3) is 0 Å². The molecule has 0 radical (unpaired) electrons. The number of anilines is 1. The molecular weight excluding hydrogens is 246 g/mol. The second-order valence-corrected chi connectivity index (χ2v) is 5.58. The van der Waals surface area contributed by atoms with Crippen molar-refractivity contribution >= 4 is 15.8 Å². The Morgan fingerprint density at radius 1 is 1.41 bits per heavy atom. The topological polar surface area (TPSA) is 126 Å². The molecular formula is C9H15N3O4S. The maximum absolute atomic E-state index is 11.9. The van der Waals surface area contributed by atoms with Gasteiger partial charge in [0.05, 0.1) is 18.8 Å². The van der Waals surface area contributed by atoms with Gasteiger partial charge in [-0.05, 0) is 19.1 Å². The number of nitrogens with zero attached hydrogens (tertiary/aromatic N) is 1. The maximum atomic E-state index is 11.9. The molecule has 0 aliphatic carbocycles. The number of pyridine rings is 1. The van der Waals surface area contributed by atoms with Crippen molar-refractivity contribution in [2.24, 2.45) is 0 Å². The van der Waals surface area contributed by atoms with Gasteiger partial charge in [-0.25, -0.2) is 18.1 Å². The number of sulfonamides is 1. The number of aliphatic hydroxyl groups excluding tert-OH is 2. The zero-order valence-electron chi connectivity index (χ0n) is 9.29. The fourth-order valence-corrected chi connectivity index (χ4v) is 2.38. The quantitative estimate of drug-likeness (QED) is 0.521. The Hall–Kier alpha value is -1.22. The Morgan fingerprint density at radius 2 is 2.00 bits per heavy atom. The van der Waals surface area contributed by atoms with Gasteiger partial charge in [0.25, 0.3) is 0 Å². The van der Waals surface area contributed by atoms with Crippen molar-refractivity contribution in [3.05, 3.63) is 18.3 Å². The molecule has 0 unspecified atom stereocenters. The van der Waals surface area contributed by atoms with Crippen molar-refractivity contribution in [3.63, 3.8) is 0 Å². The Bertz CT molecular complexity index is 468. The smallest absolute Gasteiger partial charge is 0.242 e. The first-order valence-corrected chi connectivity index (χ1v) is 6.28. The van der Waals surface area contributed by atoms with Gasteiger partial charge in [-0.1, -0.05) is 0 Å². The van der Waals surface area contributed by atoms with Gasteiger partial charge in [0.2, 0.25) is 10.0 Å². The van der Waals surface area contributed by atoms with Crippen LogP contribution in [-0.2, 0) is 10.0 Å². The highest BCUT2D eigenvalue weighted by molar-refractivity contribution is 7.89. The van der Waals surface area contributed by atoms with E-state index in [4.69, 9.17) is 15.9 Å². The van der Waals surface area contributed by atoms with E-state index in [9.17, 15) is 8.42 Å². The number of rotatable bonds is 5. The lowest BCUT2D eigenvalue weighted by atomic mass is 10.1. The van der Waals surface area contributed by atoms with Crippen LogP contribution in [-0.4, -0.2) is 42.4 Å². The molecule has 0 aromatic carbocycles. The van der Waals surface area contributed by atoms with Crippen LogP contribution in [0.4, 0.5) is 5.82 Å².